The molecule has 0 aliphatic heterocycles. The zero-order valence-electron chi connectivity index (χ0n) is 16.1. The number of ketones is 1. The van der Waals surface area contributed by atoms with E-state index in [1.165, 1.54) is 0 Å². The summed E-state index contributed by atoms with van der Waals surface area (Å²) in [6, 6.07) is 13.6. The van der Waals surface area contributed by atoms with Crippen molar-refractivity contribution in [2.75, 3.05) is 13.2 Å². The summed E-state index contributed by atoms with van der Waals surface area (Å²) in [6.45, 7) is 6.57. The molecule has 0 fully saturated rings. The van der Waals surface area contributed by atoms with Crippen molar-refractivity contribution in [3.8, 4) is 17.2 Å². The molecular weight excluding hydrogens is 344 g/mol. The van der Waals surface area contributed by atoms with Gasteiger partial charge in [-0.15, -0.1) is 0 Å². The number of carbonyl (C=O) groups excluding carboxylic acids is 2. The Balaban J connectivity index is 1.77. The molecule has 0 aliphatic carbocycles. The zero-order valence-corrected chi connectivity index (χ0v) is 16.1. The number of ether oxygens (including phenoxy) is 3. The fourth-order valence-electron chi connectivity index (χ4n) is 2.26. The molecule has 0 N–H and O–H groups in total. The minimum absolute atomic E-state index is 0.0489. The summed E-state index contributed by atoms with van der Waals surface area (Å²) in [7, 11) is 0. The molecule has 144 valence electrons. The van der Waals surface area contributed by atoms with Gasteiger partial charge in [-0.25, -0.2) is 4.79 Å². The molecule has 0 atom stereocenters. The second-order valence-electron chi connectivity index (χ2n) is 6.57. The number of hydrogen-bond acceptors (Lipinski definition) is 5. The van der Waals surface area contributed by atoms with E-state index in [2.05, 4.69) is 13.8 Å². The van der Waals surface area contributed by atoms with E-state index in [1.54, 1.807) is 43.3 Å². The molecule has 5 heteroatoms. The highest BCUT2D eigenvalue weighted by molar-refractivity contribution is 5.95. The van der Waals surface area contributed by atoms with Crippen molar-refractivity contribution in [3.63, 3.8) is 0 Å². The maximum absolute atomic E-state index is 11.9. The number of esters is 1. The minimum atomic E-state index is -0.512. The first-order valence-corrected chi connectivity index (χ1v) is 9.17. The maximum atomic E-state index is 11.9. The third-order valence-corrected chi connectivity index (χ3v) is 3.87. The van der Waals surface area contributed by atoms with E-state index in [9.17, 15) is 9.59 Å². The van der Waals surface area contributed by atoms with E-state index in [4.69, 9.17) is 14.2 Å². The van der Waals surface area contributed by atoms with Crippen LogP contribution in [0.3, 0.4) is 0 Å². The lowest BCUT2D eigenvalue weighted by Gasteiger charge is -2.10. The highest BCUT2D eigenvalue weighted by Crippen LogP contribution is 2.19. The molecule has 2 aromatic carbocycles. The minimum Gasteiger partial charge on any atom is -0.494 e. The van der Waals surface area contributed by atoms with Gasteiger partial charge in [0.1, 0.15) is 17.2 Å². The largest absolute Gasteiger partial charge is 0.494 e. The van der Waals surface area contributed by atoms with Gasteiger partial charge < -0.3 is 14.2 Å². The van der Waals surface area contributed by atoms with Crippen LogP contribution in [0.25, 0.3) is 0 Å². The molecule has 0 aromatic heterocycles. The molecule has 0 spiro atoms. The Morgan fingerprint density at radius 2 is 1.41 bits per heavy atom. The van der Waals surface area contributed by atoms with Crippen molar-refractivity contribution in [3.05, 3.63) is 54.1 Å². The van der Waals surface area contributed by atoms with E-state index in [0.29, 0.717) is 36.0 Å². The van der Waals surface area contributed by atoms with E-state index in [0.717, 1.165) is 12.2 Å². The molecule has 0 heterocycles. The van der Waals surface area contributed by atoms with Gasteiger partial charge in [-0.3, -0.25) is 4.79 Å². The van der Waals surface area contributed by atoms with E-state index >= 15 is 0 Å². The van der Waals surface area contributed by atoms with Crippen LogP contribution in [-0.2, 0) is 4.79 Å². The Hall–Kier alpha value is -2.82. The van der Waals surface area contributed by atoms with Crippen LogP contribution in [0.2, 0.25) is 0 Å². The van der Waals surface area contributed by atoms with Gasteiger partial charge >= 0.3 is 5.97 Å². The molecule has 0 saturated heterocycles. The number of rotatable bonds is 10. The average Bonchev–Trinajstić information content (AvgIpc) is 2.67. The predicted octanol–water partition coefficient (Wildman–Crippen LogP) is 4.69. The summed E-state index contributed by atoms with van der Waals surface area (Å²) < 4.78 is 16.3. The van der Waals surface area contributed by atoms with Gasteiger partial charge in [0.2, 0.25) is 0 Å². The molecular formula is C22H26O5. The Morgan fingerprint density at radius 1 is 0.852 bits per heavy atom. The predicted molar refractivity (Wildman–Crippen MR) is 104 cm³/mol. The first kappa shape index (κ1) is 20.5. The van der Waals surface area contributed by atoms with E-state index in [1.807, 2.05) is 12.1 Å². The van der Waals surface area contributed by atoms with Crippen LogP contribution in [0.5, 0.6) is 17.2 Å². The number of hydrogen-bond donors (Lipinski definition) is 0. The molecule has 0 saturated carbocycles. The van der Waals surface area contributed by atoms with E-state index < -0.39 is 5.97 Å². The maximum Gasteiger partial charge on any atom is 0.349 e. The highest BCUT2D eigenvalue weighted by Gasteiger charge is 2.08. The smallest absolute Gasteiger partial charge is 0.349 e. The fraction of sp³-hybridized carbons (Fsp3) is 0.364. The van der Waals surface area contributed by atoms with Gasteiger partial charge in [0, 0.05) is 12.0 Å². The normalized spacial score (nSPS) is 10.5. The quantitative estimate of drug-likeness (QED) is 0.345. The Labute approximate surface area is 160 Å². The molecule has 0 amide bonds. The Morgan fingerprint density at radius 3 is 1.96 bits per heavy atom. The van der Waals surface area contributed by atoms with Crippen LogP contribution in [-0.4, -0.2) is 25.0 Å². The zero-order chi connectivity index (χ0) is 19.6. The third-order valence-electron chi connectivity index (χ3n) is 3.87. The molecule has 0 radical (unpaired) electrons. The standard InChI is InChI=1S/C22H26O5/c1-4-21(23)17-5-7-20(8-6-17)27-22(24)15-26-19-11-9-18(10-12-19)25-14-13-16(2)3/h5-12,16H,4,13-15H2,1-3H3. The summed E-state index contributed by atoms with van der Waals surface area (Å²) in [5.41, 5.74) is 0.601. The van der Waals surface area contributed by atoms with Crippen LogP contribution in [0.15, 0.2) is 48.5 Å². The van der Waals surface area contributed by atoms with Crippen LogP contribution >= 0.6 is 0 Å². The first-order chi connectivity index (χ1) is 13.0. The lowest BCUT2D eigenvalue weighted by molar-refractivity contribution is -0.136. The van der Waals surface area contributed by atoms with Crippen molar-refractivity contribution >= 4 is 11.8 Å². The molecule has 2 aromatic rings. The van der Waals surface area contributed by atoms with Gasteiger partial charge in [0.15, 0.2) is 12.4 Å². The highest BCUT2D eigenvalue weighted by atomic mass is 16.6. The monoisotopic (exact) mass is 370 g/mol. The van der Waals surface area contributed by atoms with Gasteiger partial charge in [0.25, 0.3) is 0 Å². The second kappa shape index (κ2) is 10.4. The molecule has 2 rings (SSSR count). The molecule has 0 bridgehead atoms. The van der Waals surface area contributed by atoms with Crippen molar-refractivity contribution < 1.29 is 23.8 Å². The summed E-state index contributed by atoms with van der Waals surface area (Å²) in [5.74, 6) is 1.85. The van der Waals surface area contributed by atoms with Crippen molar-refractivity contribution in [2.24, 2.45) is 5.92 Å². The van der Waals surface area contributed by atoms with Gasteiger partial charge in [0.05, 0.1) is 6.61 Å². The number of Topliss-reactive ketones (excluding diaryl/α,β-unsaturated/α-hetero) is 1. The first-order valence-electron chi connectivity index (χ1n) is 9.17. The van der Waals surface area contributed by atoms with E-state index in [-0.39, 0.29) is 12.4 Å². The topological polar surface area (TPSA) is 61.8 Å². The van der Waals surface area contributed by atoms with Crippen LogP contribution in [0, 0.1) is 5.92 Å². The lowest BCUT2D eigenvalue weighted by Crippen LogP contribution is -2.17. The van der Waals surface area contributed by atoms with Crippen LogP contribution < -0.4 is 14.2 Å². The summed E-state index contributed by atoms with van der Waals surface area (Å²) in [6.07, 6.45) is 1.44. The van der Waals surface area contributed by atoms with Crippen molar-refractivity contribution in [1.82, 2.24) is 0 Å². The van der Waals surface area contributed by atoms with Crippen molar-refractivity contribution in [1.29, 1.82) is 0 Å². The Bertz CT molecular complexity index is 732. The SMILES string of the molecule is CCC(=O)c1ccc(OC(=O)COc2ccc(OCCC(C)C)cc2)cc1. The molecule has 0 unspecified atom stereocenters. The van der Waals surface area contributed by atoms with Gasteiger partial charge in [-0.1, -0.05) is 20.8 Å². The summed E-state index contributed by atoms with van der Waals surface area (Å²) in [5, 5.41) is 0. The summed E-state index contributed by atoms with van der Waals surface area (Å²) >= 11 is 0. The molecule has 27 heavy (non-hydrogen) atoms. The van der Waals surface area contributed by atoms with Crippen LogP contribution in [0.1, 0.15) is 44.0 Å². The van der Waals surface area contributed by atoms with Gasteiger partial charge in [-0.05, 0) is 60.9 Å². The average molecular weight is 370 g/mol. The van der Waals surface area contributed by atoms with Crippen molar-refractivity contribution in [2.45, 2.75) is 33.6 Å². The van der Waals surface area contributed by atoms with Crippen LogP contribution in [0.4, 0.5) is 0 Å². The third kappa shape index (κ3) is 7.13. The number of benzene rings is 2. The Kier molecular flexibility index (Phi) is 7.86. The summed E-state index contributed by atoms with van der Waals surface area (Å²) in [4.78, 5) is 23.5. The fourth-order valence-corrected chi connectivity index (χ4v) is 2.26. The molecule has 5 nitrogen and oxygen atoms in total. The molecule has 0 aliphatic rings. The second-order valence-corrected chi connectivity index (χ2v) is 6.57. The lowest BCUT2D eigenvalue weighted by atomic mass is 10.1. The number of carbonyl (C=O) groups is 2. The van der Waals surface area contributed by atoms with Gasteiger partial charge in [-0.2, -0.15) is 0 Å².